The zero-order valence-electron chi connectivity index (χ0n) is 18.7. The van der Waals surface area contributed by atoms with Crippen molar-refractivity contribution in [1.29, 1.82) is 0 Å². The fourth-order valence-electron chi connectivity index (χ4n) is 10.2. The Kier molecular flexibility index (Phi) is 4.29. The molecule has 6 aliphatic carbocycles. The zero-order chi connectivity index (χ0) is 19.7. The van der Waals surface area contributed by atoms with E-state index in [-0.39, 0.29) is 0 Å². The van der Waals surface area contributed by atoms with Crippen LogP contribution in [0.4, 0.5) is 0 Å². The number of hydrogen-bond donors (Lipinski definition) is 0. The molecule has 8 unspecified atom stereocenters. The van der Waals surface area contributed by atoms with Gasteiger partial charge in [-0.2, -0.15) is 0 Å². The van der Waals surface area contributed by atoms with E-state index in [0.717, 1.165) is 35.5 Å². The van der Waals surface area contributed by atoms with Crippen molar-refractivity contribution < 1.29 is 0 Å². The summed E-state index contributed by atoms with van der Waals surface area (Å²) in [6.45, 7) is 5.83. The molecule has 156 valence electrons. The number of fused-ring (bicyclic) bond motifs is 6. The summed E-state index contributed by atoms with van der Waals surface area (Å²) in [5.41, 5.74) is 0. The zero-order valence-corrected chi connectivity index (χ0v) is 19.7. The second-order valence-electron chi connectivity index (χ2n) is 12.1. The Morgan fingerprint density at radius 1 is 0.621 bits per heavy atom. The Morgan fingerprint density at radius 3 is 1.55 bits per heavy atom. The highest BCUT2D eigenvalue weighted by Gasteiger charge is 2.70. The lowest BCUT2D eigenvalue weighted by Crippen LogP contribution is -2.58. The van der Waals surface area contributed by atoms with Crippen molar-refractivity contribution in [2.45, 2.75) is 87.4 Å². The Labute approximate surface area is 179 Å². The molecule has 0 amide bonds. The Hall–Kier alpha value is -0.823. The summed E-state index contributed by atoms with van der Waals surface area (Å²) in [6, 6.07) is 0. The van der Waals surface area contributed by atoms with Crippen molar-refractivity contribution in [3.05, 3.63) is 48.6 Å². The van der Waals surface area contributed by atoms with Crippen LogP contribution in [0.5, 0.6) is 0 Å². The second kappa shape index (κ2) is 6.59. The monoisotopic (exact) mass is 404 g/mol. The van der Waals surface area contributed by atoms with Crippen LogP contribution >= 0.6 is 0 Å². The van der Waals surface area contributed by atoms with Crippen molar-refractivity contribution in [3.63, 3.8) is 0 Å². The standard InChI is InChI=1S/C28H40Si/c1-29(2,27-17-9-7-15-25(27)23-13-5-3-11-21(23)19-27)28-18-10-8-16-26(28)24-14-6-4-12-22(24)20-28/h3-6,11-14,21-26H,7-10,15-20H2,1-2H3. The Balaban J connectivity index is 1.46. The molecular weight excluding hydrogens is 364 g/mol. The van der Waals surface area contributed by atoms with Crippen LogP contribution < -0.4 is 0 Å². The van der Waals surface area contributed by atoms with Crippen LogP contribution in [0, 0.1) is 35.5 Å². The molecule has 0 nitrogen and oxygen atoms in total. The highest BCUT2D eigenvalue weighted by Crippen LogP contribution is 2.78. The van der Waals surface area contributed by atoms with Crippen molar-refractivity contribution in [3.8, 4) is 0 Å². The van der Waals surface area contributed by atoms with Crippen LogP contribution in [0.1, 0.15) is 64.2 Å². The molecule has 0 heterocycles. The van der Waals surface area contributed by atoms with E-state index in [4.69, 9.17) is 0 Å². The van der Waals surface area contributed by atoms with Crippen LogP contribution in [0.3, 0.4) is 0 Å². The maximum Gasteiger partial charge on any atom is 0.0604 e. The van der Waals surface area contributed by atoms with Gasteiger partial charge in [-0.1, -0.05) is 87.4 Å². The molecule has 4 saturated carbocycles. The maximum absolute atomic E-state index is 2.92. The van der Waals surface area contributed by atoms with Gasteiger partial charge in [-0.05, 0) is 84.1 Å². The molecule has 4 fully saturated rings. The normalized spacial score (nSPS) is 50.1. The van der Waals surface area contributed by atoms with Gasteiger partial charge in [0.25, 0.3) is 0 Å². The van der Waals surface area contributed by atoms with Gasteiger partial charge in [-0.25, -0.2) is 0 Å². The van der Waals surface area contributed by atoms with Gasteiger partial charge in [0.15, 0.2) is 0 Å². The summed E-state index contributed by atoms with van der Waals surface area (Å²) < 4.78 is 0. The largest absolute Gasteiger partial charge is 0.0808 e. The molecule has 0 saturated heterocycles. The van der Waals surface area contributed by atoms with Crippen molar-refractivity contribution in [2.75, 3.05) is 0 Å². The quantitative estimate of drug-likeness (QED) is 0.408. The minimum atomic E-state index is -1.52. The second-order valence-corrected chi connectivity index (χ2v) is 17.3. The molecule has 6 rings (SSSR count). The highest BCUT2D eigenvalue weighted by atomic mass is 28.3. The Morgan fingerprint density at radius 2 is 1.07 bits per heavy atom. The van der Waals surface area contributed by atoms with Gasteiger partial charge in [0.1, 0.15) is 0 Å². The summed E-state index contributed by atoms with van der Waals surface area (Å²) in [6.07, 6.45) is 35.1. The van der Waals surface area contributed by atoms with E-state index < -0.39 is 8.07 Å². The SMILES string of the molecule is C[Si](C)(C12CCCCC1C1C=CC=CC1C2)C12CCCCC1C1C=CC=CC1C2. The molecule has 0 aliphatic heterocycles. The molecule has 0 bridgehead atoms. The Bertz CT molecular complexity index is 720. The predicted molar refractivity (Wildman–Crippen MR) is 127 cm³/mol. The average Bonchev–Trinajstić information content (AvgIpc) is 3.29. The molecule has 0 spiro atoms. The first-order valence-corrected chi connectivity index (χ1v) is 15.8. The van der Waals surface area contributed by atoms with Gasteiger partial charge in [-0.15, -0.1) is 0 Å². The van der Waals surface area contributed by atoms with Crippen LogP contribution in [0.2, 0.25) is 23.2 Å². The molecule has 0 aromatic rings. The topological polar surface area (TPSA) is 0 Å². The molecule has 29 heavy (non-hydrogen) atoms. The molecule has 0 aromatic heterocycles. The highest BCUT2D eigenvalue weighted by molar-refractivity contribution is 6.83. The van der Waals surface area contributed by atoms with Crippen molar-refractivity contribution in [2.24, 2.45) is 35.5 Å². The molecule has 6 aliphatic rings. The maximum atomic E-state index is 2.92. The van der Waals surface area contributed by atoms with Crippen LogP contribution in [0.15, 0.2) is 48.6 Å². The molecule has 0 aromatic carbocycles. The van der Waals surface area contributed by atoms with Crippen molar-refractivity contribution in [1.82, 2.24) is 0 Å². The van der Waals surface area contributed by atoms with E-state index in [1.165, 1.54) is 51.4 Å². The third-order valence-electron chi connectivity index (χ3n) is 11.4. The van der Waals surface area contributed by atoms with Crippen LogP contribution in [-0.2, 0) is 0 Å². The van der Waals surface area contributed by atoms with Gasteiger partial charge in [0.05, 0.1) is 8.07 Å². The van der Waals surface area contributed by atoms with Gasteiger partial charge < -0.3 is 0 Å². The summed E-state index contributed by atoms with van der Waals surface area (Å²) in [5.74, 6) is 5.36. The molecule has 8 atom stereocenters. The smallest absolute Gasteiger partial charge is 0.0604 e. The summed E-state index contributed by atoms with van der Waals surface area (Å²) >= 11 is 0. The van der Waals surface area contributed by atoms with E-state index >= 15 is 0 Å². The molecule has 0 N–H and O–H groups in total. The van der Waals surface area contributed by atoms with E-state index in [9.17, 15) is 0 Å². The lowest BCUT2D eigenvalue weighted by molar-refractivity contribution is 0.211. The van der Waals surface area contributed by atoms with E-state index in [1.807, 2.05) is 0 Å². The predicted octanol–water partition coefficient (Wildman–Crippen LogP) is 8.08. The van der Waals surface area contributed by atoms with Crippen molar-refractivity contribution >= 4 is 8.07 Å². The van der Waals surface area contributed by atoms with E-state index in [0.29, 0.717) is 10.1 Å². The van der Waals surface area contributed by atoms with Gasteiger partial charge in [-0.3, -0.25) is 0 Å². The minimum absolute atomic E-state index is 0.691. The summed E-state index contributed by atoms with van der Waals surface area (Å²) in [7, 11) is -1.52. The van der Waals surface area contributed by atoms with Crippen LogP contribution in [0.25, 0.3) is 0 Å². The number of allylic oxidation sites excluding steroid dienone is 8. The van der Waals surface area contributed by atoms with Gasteiger partial charge in [0, 0.05) is 0 Å². The molecular formula is C28H40Si. The average molecular weight is 405 g/mol. The number of rotatable bonds is 2. The third kappa shape index (κ3) is 2.37. The van der Waals surface area contributed by atoms with Gasteiger partial charge in [0.2, 0.25) is 0 Å². The molecule has 1 heteroatoms. The minimum Gasteiger partial charge on any atom is -0.0808 e. The lowest BCUT2D eigenvalue weighted by atomic mass is 9.75. The first-order chi connectivity index (χ1) is 14.1. The van der Waals surface area contributed by atoms with Gasteiger partial charge >= 0.3 is 0 Å². The lowest BCUT2D eigenvalue weighted by Gasteiger charge is -2.62. The van der Waals surface area contributed by atoms with E-state index in [1.54, 1.807) is 12.8 Å². The summed E-state index contributed by atoms with van der Waals surface area (Å²) in [5, 5.41) is 1.38. The fourth-order valence-corrected chi connectivity index (χ4v) is 16.8. The third-order valence-corrected chi connectivity index (χ3v) is 18.0. The molecule has 0 radical (unpaired) electrons. The van der Waals surface area contributed by atoms with E-state index in [2.05, 4.69) is 61.7 Å². The number of hydrogen-bond acceptors (Lipinski definition) is 0. The van der Waals surface area contributed by atoms with Crippen LogP contribution in [-0.4, -0.2) is 8.07 Å². The fraction of sp³-hybridized carbons (Fsp3) is 0.714. The summed E-state index contributed by atoms with van der Waals surface area (Å²) in [4.78, 5) is 0. The first-order valence-electron chi connectivity index (χ1n) is 12.8. The first kappa shape index (κ1) is 18.9.